The first-order valence-corrected chi connectivity index (χ1v) is 8.70. The minimum absolute atomic E-state index is 0.0624. The number of nitrogens with zero attached hydrogens (tertiary/aromatic N) is 1. The quantitative estimate of drug-likeness (QED) is 0.842. The molecular weight excluding hydrogens is 309 g/mol. The highest BCUT2D eigenvalue weighted by atomic mass is 19.1. The molecule has 130 valence electrons. The topological polar surface area (TPSA) is 57.6 Å². The van der Waals surface area contributed by atoms with Crippen molar-refractivity contribution in [3.63, 3.8) is 0 Å². The zero-order valence-electron chi connectivity index (χ0n) is 13.8. The van der Waals surface area contributed by atoms with Crippen molar-refractivity contribution in [1.82, 2.24) is 4.90 Å². The third-order valence-corrected chi connectivity index (χ3v) is 5.68. The van der Waals surface area contributed by atoms with Gasteiger partial charge in [-0.1, -0.05) is 31.4 Å². The van der Waals surface area contributed by atoms with E-state index in [-0.39, 0.29) is 17.7 Å². The molecule has 0 amide bonds. The van der Waals surface area contributed by atoms with E-state index in [1.807, 2.05) is 6.07 Å². The average Bonchev–Trinajstić information content (AvgIpc) is 2.98. The van der Waals surface area contributed by atoms with E-state index in [1.165, 1.54) is 12.1 Å². The molecule has 2 aliphatic rings. The van der Waals surface area contributed by atoms with Crippen LogP contribution < -0.4 is 0 Å². The van der Waals surface area contributed by atoms with Crippen LogP contribution in [0.5, 0.6) is 0 Å². The van der Waals surface area contributed by atoms with Crippen molar-refractivity contribution in [3.8, 4) is 0 Å². The third-order valence-electron chi connectivity index (χ3n) is 5.68. The summed E-state index contributed by atoms with van der Waals surface area (Å²) in [5.74, 6) is -1.29. The van der Waals surface area contributed by atoms with Gasteiger partial charge in [-0.2, -0.15) is 0 Å². The maximum absolute atomic E-state index is 13.5. The minimum atomic E-state index is -0.723. The Morgan fingerprint density at radius 2 is 2.04 bits per heavy atom. The van der Waals surface area contributed by atoms with Crippen molar-refractivity contribution in [3.05, 3.63) is 35.6 Å². The lowest BCUT2D eigenvalue weighted by Gasteiger charge is -2.36. The number of carboxylic acid groups (broad SMARTS) is 1. The van der Waals surface area contributed by atoms with Crippen LogP contribution in [0.1, 0.15) is 43.6 Å². The highest BCUT2D eigenvalue weighted by molar-refractivity contribution is 5.75. The van der Waals surface area contributed by atoms with Gasteiger partial charge in [-0.3, -0.25) is 4.79 Å². The minimum Gasteiger partial charge on any atom is -0.481 e. The van der Waals surface area contributed by atoms with E-state index in [1.54, 1.807) is 6.07 Å². The molecule has 4 nitrogen and oxygen atoms in total. The number of rotatable bonds is 5. The number of aldehydes is 1. The van der Waals surface area contributed by atoms with E-state index in [4.69, 9.17) is 0 Å². The van der Waals surface area contributed by atoms with Gasteiger partial charge >= 0.3 is 5.97 Å². The van der Waals surface area contributed by atoms with Crippen molar-refractivity contribution in [2.75, 3.05) is 19.6 Å². The first-order valence-electron chi connectivity index (χ1n) is 8.70. The van der Waals surface area contributed by atoms with Crippen LogP contribution in [0.3, 0.4) is 0 Å². The van der Waals surface area contributed by atoms with Gasteiger partial charge in [-0.25, -0.2) is 4.39 Å². The van der Waals surface area contributed by atoms with E-state index >= 15 is 0 Å². The lowest BCUT2D eigenvalue weighted by atomic mass is 9.73. The van der Waals surface area contributed by atoms with Crippen LogP contribution >= 0.6 is 0 Å². The molecular formula is C19H24FNO3. The van der Waals surface area contributed by atoms with Gasteiger partial charge in [0.05, 0.1) is 5.41 Å². The maximum atomic E-state index is 13.5. The molecule has 2 atom stereocenters. The molecule has 1 N–H and O–H groups in total. The molecule has 0 radical (unpaired) electrons. The third kappa shape index (κ3) is 3.36. The van der Waals surface area contributed by atoms with Crippen LogP contribution in [0, 0.1) is 17.2 Å². The fraction of sp³-hybridized carbons (Fsp3) is 0.579. The van der Waals surface area contributed by atoms with Crippen LogP contribution in [0.2, 0.25) is 0 Å². The van der Waals surface area contributed by atoms with Crippen LogP contribution in [0.15, 0.2) is 24.3 Å². The Balaban J connectivity index is 1.76. The first kappa shape index (κ1) is 17.1. The molecule has 1 saturated carbocycles. The summed E-state index contributed by atoms with van der Waals surface area (Å²) in [5, 5.41) is 9.75. The molecule has 0 bridgehead atoms. The van der Waals surface area contributed by atoms with Crippen LogP contribution in [0.25, 0.3) is 0 Å². The molecule has 1 aliphatic heterocycles. The van der Waals surface area contributed by atoms with Gasteiger partial charge in [-0.15, -0.1) is 0 Å². The SMILES string of the molecule is O=C[C@H]1CN(CC2(C(=O)O)CCCCC2)C[C@@H]1c1cccc(F)c1. The largest absolute Gasteiger partial charge is 0.481 e. The van der Waals surface area contributed by atoms with Gasteiger partial charge in [0.25, 0.3) is 0 Å². The summed E-state index contributed by atoms with van der Waals surface area (Å²) in [5.41, 5.74) is 0.130. The number of carbonyl (C=O) groups is 2. The van der Waals surface area contributed by atoms with Crippen molar-refractivity contribution >= 4 is 12.3 Å². The highest BCUT2D eigenvalue weighted by Crippen LogP contribution is 2.40. The highest BCUT2D eigenvalue weighted by Gasteiger charge is 2.44. The average molecular weight is 333 g/mol. The van der Waals surface area contributed by atoms with Gasteiger partial charge < -0.3 is 14.8 Å². The lowest BCUT2D eigenvalue weighted by molar-refractivity contribution is -0.152. The van der Waals surface area contributed by atoms with Crippen molar-refractivity contribution in [2.45, 2.75) is 38.0 Å². The molecule has 0 unspecified atom stereocenters. The maximum Gasteiger partial charge on any atom is 0.310 e. The van der Waals surface area contributed by atoms with Gasteiger partial charge in [0.15, 0.2) is 0 Å². The summed E-state index contributed by atoms with van der Waals surface area (Å²) < 4.78 is 13.5. The summed E-state index contributed by atoms with van der Waals surface area (Å²) >= 11 is 0. The van der Waals surface area contributed by atoms with Gasteiger partial charge in [0.1, 0.15) is 12.1 Å². The van der Waals surface area contributed by atoms with E-state index in [0.717, 1.165) is 31.1 Å². The molecule has 5 heteroatoms. The number of halogens is 1. The standard InChI is InChI=1S/C19H24FNO3/c20-16-6-4-5-14(9-16)17-11-21(10-15(17)12-22)13-19(18(23)24)7-2-1-3-8-19/h4-6,9,12,15,17H,1-3,7-8,10-11,13H2,(H,23,24)/t15-,17-/m1/s1. The Morgan fingerprint density at radius 1 is 1.29 bits per heavy atom. The Kier molecular flexibility index (Phi) is 4.99. The zero-order chi connectivity index (χ0) is 17.2. The molecule has 0 spiro atoms. The Labute approximate surface area is 141 Å². The second kappa shape index (κ2) is 7.01. The molecule has 3 rings (SSSR count). The van der Waals surface area contributed by atoms with Crippen molar-refractivity contribution in [2.24, 2.45) is 11.3 Å². The predicted octanol–water partition coefficient (Wildman–Crippen LogP) is 3.08. The first-order chi connectivity index (χ1) is 11.5. The van der Waals surface area contributed by atoms with E-state index in [2.05, 4.69) is 4.90 Å². The predicted molar refractivity (Wildman–Crippen MR) is 88.3 cm³/mol. The zero-order valence-corrected chi connectivity index (χ0v) is 13.8. The van der Waals surface area contributed by atoms with Gasteiger partial charge in [0, 0.05) is 31.5 Å². The second-order valence-electron chi connectivity index (χ2n) is 7.30. The van der Waals surface area contributed by atoms with E-state index in [9.17, 15) is 19.1 Å². The van der Waals surface area contributed by atoms with E-state index in [0.29, 0.717) is 32.5 Å². The monoisotopic (exact) mass is 333 g/mol. The number of benzene rings is 1. The molecule has 24 heavy (non-hydrogen) atoms. The summed E-state index contributed by atoms with van der Waals surface area (Å²) in [4.78, 5) is 25.4. The van der Waals surface area contributed by atoms with Crippen LogP contribution in [-0.4, -0.2) is 41.9 Å². The summed E-state index contributed by atoms with van der Waals surface area (Å²) in [6, 6.07) is 6.39. The second-order valence-corrected chi connectivity index (χ2v) is 7.30. The van der Waals surface area contributed by atoms with E-state index < -0.39 is 11.4 Å². The molecule has 1 aromatic carbocycles. The Morgan fingerprint density at radius 3 is 2.67 bits per heavy atom. The fourth-order valence-corrected chi connectivity index (χ4v) is 4.37. The number of carboxylic acids is 1. The van der Waals surface area contributed by atoms with Crippen LogP contribution in [-0.2, 0) is 9.59 Å². The summed E-state index contributed by atoms with van der Waals surface area (Å²) in [6.07, 6.45) is 5.33. The molecule has 1 aromatic rings. The molecule has 1 heterocycles. The number of carbonyl (C=O) groups excluding carboxylic acids is 1. The number of aliphatic carboxylic acids is 1. The number of hydrogen-bond donors (Lipinski definition) is 1. The number of likely N-dealkylation sites (tertiary alicyclic amines) is 1. The molecule has 1 aliphatic carbocycles. The molecule has 2 fully saturated rings. The van der Waals surface area contributed by atoms with Crippen LogP contribution in [0.4, 0.5) is 4.39 Å². The molecule has 0 aromatic heterocycles. The summed E-state index contributed by atoms with van der Waals surface area (Å²) in [7, 11) is 0. The van der Waals surface area contributed by atoms with Crippen molar-refractivity contribution in [1.29, 1.82) is 0 Å². The Bertz CT molecular complexity index is 612. The normalized spacial score (nSPS) is 27.0. The van der Waals surface area contributed by atoms with Gasteiger partial charge in [-0.05, 0) is 30.5 Å². The number of hydrogen-bond acceptors (Lipinski definition) is 3. The smallest absolute Gasteiger partial charge is 0.310 e. The summed E-state index contributed by atoms with van der Waals surface area (Å²) in [6.45, 7) is 1.65. The van der Waals surface area contributed by atoms with Gasteiger partial charge in [0.2, 0.25) is 0 Å². The van der Waals surface area contributed by atoms with Crippen molar-refractivity contribution < 1.29 is 19.1 Å². The molecule has 1 saturated heterocycles. The fourth-order valence-electron chi connectivity index (χ4n) is 4.37. The lowest BCUT2D eigenvalue weighted by Crippen LogP contribution is -2.44. The Hall–Kier alpha value is -1.75.